The Morgan fingerprint density at radius 1 is 0.706 bits per heavy atom. The maximum Gasteiger partial charge on any atom is 0.0626 e. The summed E-state index contributed by atoms with van der Waals surface area (Å²) in [7, 11) is 0. The normalized spacial score (nSPS) is 12.6. The highest BCUT2D eigenvalue weighted by Gasteiger charge is 2.22. The van der Waals surface area contributed by atoms with E-state index in [-0.39, 0.29) is 0 Å². The van der Waals surface area contributed by atoms with Gasteiger partial charge in [0.2, 0.25) is 0 Å². The van der Waals surface area contributed by atoms with Gasteiger partial charge in [-0.15, -0.1) is 0 Å². The van der Waals surface area contributed by atoms with Crippen molar-refractivity contribution in [3.63, 3.8) is 0 Å². The quantitative estimate of drug-likeness (QED) is 0.239. The SMILES string of the molecule is C=c1c2c(C)c(C)cc(C)c2n2c3c(C)cccc3c3ccc(/C(=C\C)c4ccccc4)c1c32. The van der Waals surface area contributed by atoms with Gasteiger partial charge >= 0.3 is 0 Å². The lowest BCUT2D eigenvalue weighted by atomic mass is 9.90. The standard InChI is InChI=1S/C33H29N/c1-7-25(24-13-9-8-10-14-24)26-16-17-28-27-15-11-12-19(2)31(27)34-32-21(4)18-20(3)22(5)29(32)23(6)30(26)33(28)34/h7-18H,6H2,1-5H3/b25-7-. The maximum atomic E-state index is 4.75. The molecule has 0 aliphatic heterocycles. The Bertz CT molecular complexity index is 1850. The molecule has 6 aromatic rings. The topological polar surface area (TPSA) is 4.41 Å². The van der Waals surface area contributed by atoms with Crippen molar-refractivity contribution < 1.29 is 0 Å². The monoisotopic (exact) mass is 439 g/mol. The maximum absolute atomic E-state index is 4.75. The van der Waals surface area contributed by atoms with E-state index in [2.05, 4.69) is 112 Å². The lowest BCUT2D eigenvalue weighted by Gasteiger charge is -2.19. The molecule has 0 bridgehead atoms. The molecule has 2 heterocycles. The van der Waals surface area contributed by atoms with Crippen molar-refractivity contribution >= 4 is 50.2 Å². The van der Waals surface area contributed by atoms with Gasteiger partial charge in [0.15, 0.2) is 0 Å². The number of hydrogen-bond acceptors (Lipinski definition) is 0. The molecule has 166 valence electrons. The number of rotatable bonds is 2. The summed E-state index contributed by atoms with van der Waals surface area (Å²) < 4.78 is 2.53. The van der Waals surface area contributed by atoms with Gasteiger partial charge < -0.3 is 4.40 Å². The molecule has 2 aromatic heterocycles. The number of hydrogen-bond donors (Lipinski definition) is 0. The second kappa shape index (κ2) is 7.33. The lowest BCUT2D eigenvalue weighted by Crippen LogP contribution is -2.12. The van der Waals surface area contributed by atoms with E-state index in [1.807, 2.05) is 0 Å². The summed E-state index contributed by atoms with van der Waals surface area (Å²) >= 11 is 0. The third kappa shape index (κ3) is 2.61. The van der Waals surface area contributed by atoms with Gasteiger partial charge in [-0.25, -0.2) is 0 Å². The van der Waals surface area contributed by atoms with Gasteiger partial charge in [-0.3, -0.25) is 0 Å². The van der Waals surface area contributed by atoms with Crippen molar-refractivity contribution in [2.75, 3.05) is 0 Å². The molecule has 0 amide bonds. The third-order valence-corrected chi connectivity index (χ3v) is 7.65. The van der Waals surface area contributed by atoms with Gasteiger partial charge in [-0.05, 0) is 78.8 Å². The first-order chi connectivity index (χ1) is 16.4. The summed E-state index contributed by atoms with van der Waals surface area (Å²) in [5.74, 6) is 0. The van der Waals surface area contributed by atoms with Crippen molar-refractivity contribution in [1.29, 1.82) is 0 Å². The van der Waals surface area contributed by atoms with Crippen molar-refractivity contribution in [3.05, 3.63) is 111 Å². The molecule has 4 aromatic carbocycles. The first-order valence-electron chi connectivity index (χ1n) is 12.0. The molecule has 1 heteroatoms. The lowest BCUT2D eigenvalue weighted by molar-refractivity contribution is 1.25. The van der Waals surface area contributed by atoms with E-state index in [1.54, 1.807) is 0 Å². The second-order valence-corrected chi connectivity index (χ2v) is 9.60. The fourth-order valence-electron chi connectivity index (χ4n) is 6.03. The first kappa shape index (κ1) is 20.7. The molecule has 0 fully saturated rings. The summed E-state index contributed by atoms with van der Waals surface area (Å²) in [6, 6.07) is 24.3. The zero-order chi connectivity index (χ0) is 23.7. The van der Waals surface area contributed by atoms with Gasteiger partial charge in [-0.1, -0.05) is 79.4 Å². The Labute approximate surface area is 200 Å². The molecule has 0 saturated heterocycles. The van der Waals surface area contributed by atoms with Crippen LogP contribution in [0.25, 0.3) is 50.2 Å². The van der Waals surface area contributed by atoms with Crippen LogP contribution in [-0.2, 0) is 0 Å². The highest BCUT2D eigenvalue weighted by Crippen LogP contribution is 2.40. The predicted molar refractivity (Wildman–Crippen MR) is 149 cm³/mol. The number of allylic oxidation sites excluding steroid dienone is 1. The number of nitrogens with zero attached hydrogens (tertiary/aromatic N) is 1. The Hall–Kier alpha value is -3.84. The van der Waals surface area contributed by atoms with Crippen LogP contribution < -0.4 is 5.22 Å². The molecule has 0 atom stereocenters. The largest absolute Gasteiger partial charge is 0.307 e. The van der Waals surface area contributed by atoms with E-state index in [0.717, 1.165) is 5.22 Å². The molecule has 0 aliphatic rings. The highest BCUT2D eigenvalue weighted by molar-refractivity contribution is 6.20. The molecule has 34 heavy (non-hydrogen) atoms. The van der Waals surface area contributed by atoms with Gasteiger partial charge in [-0.2, -0.15) is 0 Å². The average molecular weight is 440 g/mol. The predicted octanol–water partition coefficient (Wildman–Crippen LogP) is 8.21. The van der Waals surface area contributed by atoms with Crippen molar-refractivity contribution in [2.45, 2.75) is 34.6 Å². The average Bonchev–Trinajstić information content (AvgIpc) is 3.17. The third-order valence-electron chi connectivity index (χ3n) is 7.65. The minimum Gasteiger partial charge on any atom is -0.307 e. The van der Waals surface area contributed by atoms with Gasteiger partial charge in [0.1, 0.15) is 0 Å². The Kier molecular flexibility index (Phi) is 4.47. The molecule has 1 nitrogen and oxygen atoms in total. The molecule has 0 saturated carbocycles. The summed E-state index contributed by atoms with van der Waals surface area (Å²) in [6.07, 6.45) is 2.24. The van der Waals surface area contributed by atoms with Gasteiger partial charge in [0.25, 0.3) is 0 Å². The summed E-state index contributed by atoms with van der Waals surface area (Å²) in [4.78, 5) is 0. The summed E-state index contributed by atoms with van der Waals surface area (Å²) in [5.41, 5.74) is 12.8. The minimum atomic E-state index is 1.13. The number of benzene rings is 4. The Morgan fingerprint density at radius 2 is 1.44 bits per heavy atom. The molecule has 0 spiro atoms. The van der Waals surface area contributed by atoms with Crippen LogP contribution in [0.1, 0.15) is 40.3 Å². The Balaban J connectivity index is 1.97. The fraction of sp³-hybridized carbons (Fsp3) is 0.152. The van der Waals surface area contributed by atoms with E-state index in [0.29, 0.717) is 0 Å². The summed E-state index contributed by atoms with van der Waals surface area (Å²) in [5, 5.41) is 6.27. The van der Waals surface area contributed by atoms with Crippen LogP contribution in [0, 0.1) is 27.7 Å². The number of para-hydroxylation sites is 1. The zero-order valence-electron chi connectivity index (χ0n) is 20.6. The second-order valence-electron chi connectivity index (χ2n) is 9.60. The van der Waals surface area contributed by atoms with E-state index in [4.69, 9.17) is 6.58 Å². The fourth-order valence-corrected chi connectivity index (χ4v) is 6.03. The van der Waals surface area contributed by atoms with Crippen molar-refractivity contribution in [2.24, 2.45) is 0 Å². The van der Waals surface area contributed by atoms with Crippen molar-refractivity contribution in [1.82, 2.24) is 4.40 Å². The molecule has 0 unspecified atom stereocenters. The van der Waals surface area contributed by atoms with Crippen LogP contribution in [0.5, 0.6) is 0 Å². The van der Waals surface area contributed by atoms with Crippen LogP contribution in [0.3, 0.4) is 0 Å². The van der Waals surface area contributed by atoms with Gasteiger partial charge in [0.05, 0.1) is 16.6 Å². The minimum absolute atomic E-state index is 1.13. The van der Waals surface area contributed by atoms with Crippen LogP contribution in [0.15, 0.2) is 72.8 Å². The highest BCUT2D eigenvalue weighted by atomic mass is 14.9. The molecular formula is C33H29N. The summed E-state index contributed by atoms with van der Waals surface area (Å²) in [6.45, 7) is 15.8. The number of pyridine rings is 1. The zero-order valence-corrected chi connectivity index (χ0v) is 20.6. The van der Waals surface area contributed by atoms with Crippen LogP contribution in [-0.4, -0.2) is 4.40 Å². The van der Waals surface area contributed by atoms with Gasteiger partial charge in [0, 0.05) is 21.5 Å². The van der Waals surface area contributed by atoms with E-state index in [9.17, 15) is 0 Å². The molecular weight excluding hydrogens is 410 g/mol. The molecule has 0 radical (unpaired) electrons. The smallest absolute Gasteiger partial charge is 0.0626 e. The Morgan fingerprint density at radius 3 is 2.18 bits per heavy atom. The van der Waals surface area contributed by atoms with Crippen molar-refractivity contribution in [3.8, 4) is 0 Å². The van der Waals surface area contributed by atoms with E-state index in [1.165, 1.54) is 77.0 Å². The van der Waals surface area contributed by atoms with Crippen LogP contribution in [0.4, 0.5) is 0 Å². The number of aryl methyl sites for hydroxylation is 4. The van der Waals surface area contributed by atoms with E-state index < -0.39 is 0 Å². The molecule has 6 rings (SSSR count). The molecule has 0 N–H and O–H groups in total. The number of fused-ring (bicyclic) bond motifs is 5. The van der Waals surface area contributed by atoms with Crippen LogP contribution in [0.2, 0.25) is 0 Å². The van der Waals surface area contributed by atoms with E-state index >= 15 is 0 Å². The van der Waals surface area contributed by atoms with Crippen LogP contribution >= 0.6 is 0 Å². The molecule has 0 aliphatic carbocycles. The number of aromatic nitrogens is 1. The first-order valence-corrected chi connectivity index (χ1v) is 12.0.